The molecule has 0 saturated carbocycles. The fraction of sp³-hybridized carbons (Fsp3) is 0.318. The molecule has 2 aromatic heterocycles. The zero-order valence-corrected chi connectivity index (χ0v) is 17.2. The molecule has 3 aromatic rings. The van der Waals surface area contributed by atoms with Crippen LogP contribution in [0.3, 0.4) is 0 Å². The molecule has 29 heavy (non-hydrogen) atoms. The molecule has 1 N–H and O–H groups in total. The molecule has 3 heterocycles. The van der Waals surface area contributed by atoms with Crippen LogP contribution in [0.15, 0.2) is 48.7 Å². The average Bonchev–Trinajstić information content (AvgIpc) is 2.89. The van der Waals surface area contributed by atoms with Gasteiger partial charge in [-0.15, -0.1) is 0 Å². The van der Waals surface area contributed by atoms with E-state index in [1.807, 2.05) is 54.4 Å². The average molecular weight is 410 g/mol. The molecule has 0 atom stereocenters. The summed E-state index contributed by atoms with van der Waals surface area (Å²) >= 11 is 6.07. The Labute approximate surface area is 175 Å². The summed E-state index contributed by atoms with van der Waals surface area (Å²) < 4.78 is 1.73. The number of halogens is 1. The topological polar surface area (TPSA) is 63.1 Å². The van der Waals surface area contributed by atoms with Crippen molar-refractivity contribution in [1.29, 1.82) is 0 Å². The molecular weight excluding hydrogens is 386 g/mol. The van der Waals surface area contributed by atoms with Crippen molar-refractivity contribution in [2.45, 2.75) is 32.6 Å². The minimum absolute atomic E-state index is 0.186. The fourth-order valence-electron chi connectivity index (χ4n) is 3.68. The van der Waals surface area contributed by atoms with Crippen LogP contribution in [0.1, 0.15) is 41.7 Å². The summed E-state index contributed by atoms with van der Waals surface area (Å²) in [6.07, 6.45) is 6.32. The van der Waals surface area contributed by atoms with Gasteiger partial charge in [-0.1, -0.05) is 42.6 Å². The molecule has 150 valence electrons. The molecule has 1 saturated heterocycles. The van der Waals surface area contributed by atoms with Crippen molar-refractivity contribution in [2.75, 3.05) is 13.1 Å². The van der Waals surface area contributed by atoms with Crippen LogP contribution in [0.25, 0.3) is 17.1 Å². The third-order valence-corrected chi connectivity index (χ3v) is 5.44. The maximum Gasteiger partial charge on any atom is 0.286 e. The van der Waals surface area contributed by atoms with Gasteiger partial charge in [-0.3, -0.25) is 10.2 Å². The lowest BCUT2D eigenvalue weighted by molar-refractivity contribution is 0.0788. The number of carbonyl (C=O) groups is 1. The quantitative estimate of drug-likeness (QED) is 0.692. The molecule has 1 fully saturated rings. The Morgan fingerprint density at radius 3 is 2.41 bits per heavy atom. The van der Waals surface area contributed by atoms with E-state index in [2.05, 4.69) is 15.5 Å². The van der Waals surface area contributed by atoms with Crippen molar-refractivity contribution in [3.63, 3.8) is 0 Å². The Bertz CT molecular complexity index is 976. The first-order valence-corrected chi connectivity index (χ1v) is 10.3. The number of nitrogens with one attached hydrogen (secondary N) is 1. The lowest BCUT2D eigenvalue weighted by Gasteiger charge is -2.20. The summed E-state index contributed by atoms with van der Waals surface area (Å²) in [6.45, 7) is 3.67. The fourth-order valence-corrected chi connectivity index (χ4v) is 3.81. The first kappa shape index (κ1) is 19.6. The van der Waals surface area contributed by atoms with Crippen LogP contribution in [0.2, 0.25) is 5.02 Å². The Hall–Kier alpha value is -2.70. The number of amides is 1. The Morgan fingerprint density at radius 1 is 1.03 bits per heavy atom. The van der Waals surface area contributed by atoms with Crippen LogP contribution < -0.4 is 5.43 Å². The van der Waals surface area contributed by atoms with E-state index in [0.717, 1.165) is 42.8 Å². The van der Waals surface area contributed by atoms with Gasteiger partial charge in [-0.05, 0) is 44.0 Å². The molecule has 0 spiro atoms. The third kappa shape index (κ3) is 4.33. The predicted octanol–water partition coefficient (Wildman–Crippen LogP) is 4.42. The second-order valence-corrected chi connectivity index (χ2v) is 7.71. The number of nitrogens with zero attached hydrogens (tertiary/aromatic N) is 4. The Morgan fingerprint density at radius 2 is 1.76 bits per heavy atom. The lowest BCUT2D eigenvalue weighted by Crippen LogP contribution is -2.43. The van der Waals surface area contributed by atoms with E-state index < -0.39 is 0 Å². The first-order chi connectivity index (χ1) is 14.1. The van der Waals surface area contributed by atoms with E-state index in [4.69, 9.17) is 11.6 Å². The van der Waals surface area contributed by atoms with Gasteiger partial charge in [-0.25, -0.2) is 14.7 Å². The number of rotatable bonds is 4. The summed E-state index contributed by atoms with van der Waals surface area (Å²) in [4.78, 5) is 17.5. The molecule has 1 aliphatic heterocycles. The highest BCUT2D eigenvalue weighted by molar-refractivity contribution is 6.30. The third-order valence-electron chi connectivity index (χ3n) is 5.19. The molecule has 7 heteroatoms. The smallest absolute Gasteiger partial charge is 0.283 e. The van der Waals surface area contributed by atoms with Crippen molar-refractivity contribution in [3.8, 4) is 17.1 Å². The minimum Gasteiger partial charge on any atom is -0.283 e. The van der Waals surface area contributed by atoms with Gasteiger partial charge < -0.3 is 0 Å². The van der Waals surface area contributed by atoms with Crippen molar-refractivity contribution in [2.24, 2.45) is 0 Å². The number of benzene rings is 1. The largest absolute Gasteiger partial charge is 0.286 e. The second-order valence-electron chi connectivity index (χ2n) is 7.27. The van der Waals surface area contributed by atoms with E-state index in [1.165, 1.54) is 12.8 Å². The van der Waals surface area contributed by atoms with Crippen molar-refractivity contribution >= 4 is 17.5 Å². The summed E-state index contributed by atoms with van der Waals surface area (Å²) in [5.41, 5.74) is 6.03. The number of carbonyl (C=O) groups excluding carboxylic acids is 1. The van der Waals surface area contributed by atoms with E-state index in [1.54, 1.807) is 10.9 Å². The molecule has 6 nitrogen and oxygen atoms in total. The highest BCUT2D eigenvalue weighted by Crippen LogP contribution is 2.29. The standard InChI is InChI=1S/C22H24ClN5O/c1-16-20(22(29)26-27-14-6-2-3-7-15-27)25-28(19-8-4-5-13-24-19)21(16)17-9-11-18(23)12-10-17/h4-5,8-13H,2-3,6-7,14-15H2,1H3,(H,26,29). The number of hydrogen-bond acceptors (Lipinski definition) is 4. The molecule has 0 aliphatic carbocycles. The number of pyridine rings is 1. The van der Waals surface area contributed by atoms with Gasteiger partial charge in [0.15, 0.2) is 11.5 Å². The first-order valence-electron chi connectivity index (χ1n) is 9.96. The van der Waals surface area contributed by atoms with E-state index in [0.29, 0.717) is 16.5 Å². The molecule has 0 bridgehead atoms. The molecule has 1 amide bonds. The Kier molecular flexibility index (Phi) is 5.92. The maximum absolute atomic E-state index is 13.1. The van der Waals surface area contributed by atoms with E-state index >= 15 is 0 Å². The lowest BCUT2D eigenvalue weighted by atomic mass is 10.1. The highest BCUT2D eigenvalue weighted by Gasteiger charge is 2.24. The SMILES string of the molecule is Cc1c(C(=O)NN2CCCCCC2)nn(-c2ccccn2)c1-c1ccc(Cl)cc1. The molecular formula is C22H24ClN5O. The number of hydrazine groups is 1. The predicted molar refractivity (Wildman–Crippen MR) is 114 cm³/mol. The summed E-state index contributed by atoms with van der Waals surface area (Å²) in [5, 5.41) is 7.32. The Balaban J connectivity index is 1.73. The van der Waals surface area contributed by atoms with Crippen LogP contribution in [0, 0.1) is 6.92 Å². The number of aromatic nitrogens is 3. The zero-order valence-electron chi connectivity index (χ0n) is 16.4. The molecule has 4 rings (SSSR count). The van der Waals surface area contributed by atoms with Gasteiger partial charge in [0.05, 0.1) is 5.69 Å². The molecule has 1 aromatic carbocycles. The number of hydrogen-bond donors (Lipinski definition) is 1. The van der Waals surface area contributed by atoms with Crippen LogP contribution in [0.5, 0.6) is 0 Å². The van der Waals surface area contributed by atoms with Crippen LogP contribution in [-0.4, -0.2) is 38.8 Å². The molecule has 0 radical (unpaired) electrons. The van der Waals surface area contributed by atoms with Gasteiger partial charge in [0, 0.05) is 35.4 Å². The van der Waals surface area contributed by atoms with Gasteiger partial charge in [0.25, 0.3) is 5.91 Å². The zero-order chi connectivity index (χ0) is 20.2. The van der Waals surface area contributed by atoms with Gasteiger partial charge in [-0.2, -0.15) is 5.10 Å². The maximum atomic E-state index is 13.1. The van der Waals surface area contributed by atoms with E-state index in [-0.39, 0.29) is 5.91 Å². The minimum atomic E-state index is -0.186. The van der Waals surface area contributed by atoms with E-state index in [9.17, 15) is 4.79 Å². The highest BCUT2D eigenvalue weighted by atomic mass is 35.5. The monoisotopic (exact) mass is 409 g/mol. The molecule has 0 unspecified atom stereocenters. The van der Waals surface area contributed by atoms with Gasteiger partial charge in [0.2, 0.25) is 0 Å². The normalized spacial score (nSPS) is 15.1. The van der Waals surface area contributed by atoms with Gasteiger partial charge >= 0.3 is 0 Å². The second kappa shape index (κ2) is 8.76. The van der Waals surface area contributed by atoms with Crippen LogP contribution in [-0.2, 0) is 0 Å². The van der Waals surface area contributed by atoms with Gasteiger partial charge in [0.1, 0.15) is 0 Å². The van der Waals surface area contributed by atoms with Crippen LogP contribution >= 0.6 is 11.6 Å². The van der Waals surface area contributed by atoms with Crippen molar-refractivity contribution in [3.05, 3.63) is 64.9 Å². The van der Waals surface area contributed by atoms with Crippen molar-refractivity contribution in [1.82, 2.24) is 25.2 Å². The molecule has 1 aliphatic rings. The van der Waals surface area contributed by atoms with Crippen LogP contribution in [0.4, 0.5) is 0 Å². The van der Waals surface area contributed by atoms with Crippen molar-refractivity contribution < 1.29 is 4.79 Å². The summed E-state index contributed by atoms with van der Waals surface area (Å²) in [7, 11) is 0. The summed E-state index contributed by atoms with van der Waals surface area (Å²) in [5.74, 6) is 0.476. The summed E-state index contributed by atoms with van der Waals surface area (Å²) in [6, 6.07) is 13.2.